The maximum atomic E-state index is 12.2. The molecule has 4 saturated heterocycles. The van der Waals surface area contributed by atoms with Gasteiger partial charge >= 0.3 is 6.09 Å². The molecular formula is C109H127Cl4N17O10S2. The number of anilines is 4. The number of carbonyl (C=O) groups is 1. The molecule has 5 aromatic heterocycles. The molecule has 0 unspecified atom stereocenters. The first kappa shape index (κ1) is 109. The summed E-state index contributed by atoms with van der Waals surface area (Å²) in [6, 6.07) is 79.2. The number of para-hydroxylation sites is 1. The smallest absolute Gasteiger partial charge is 0.418 e. The molecule has 27 nitrogen and oxygen atoms in total. The van der Waals surface area contributed by atoms with Crippen molar-refractivity contribution in [2.75, 3.05) is 157 Å². The van der Waals surface area contributed by atoms with Crippen LogP contribution in [0.2, 0.25) is 10.2 Å². The fourth-order valence-electron chi connectivity index (χ4n) is 18.6. The number of hydrogen-bond acceptors (Lipinski definition) is 24. The lowest BCUT2D eigenvalue weighted by Gasteiger charge is -2.39. The number of nitrogens with zero attached hydrogens (tertiary/aromatic N) is 14. The molecule has 7 aliphatic rings. The average molecular weight is 2040 g/mol. The zero-order valence-electron chi connectivity index (χ0n) is 81.9. The molecule has 12 heterocycles. The molecular weight excluding hydrogens is 1910 g/mol. The first-order valence-corrected chi connectivity index (χ1v) is 53.2. The quantitative estimate of drug-likeness (QED) is 0.0396. The van der Waals surface area contributed by atoms with Crippen LogP contribution in [-0.2, 0) is 74.3 Å². The Hall–Kier alpha value is -12.1. The van der Waals surface area contributed by atoms with E-state index in [0.29, 0.717) is 70.1 Å². The van der Waals surface area contributed by atoms with Crippen LogP contribution in [0, 0.1) is 22.7 Å². The molecule has 3 spiro atoms. The minimum absolute atomic E-state index is 0.0437. The summed E-state index contributed by atoms with van der Waals surface area (Å²) in [7, 11) is 0.168. The van der Waals surface area contributed by atoms with Crippen LogP contribution in [0.4, 0.5) is 28.1 Å². The molecule has 748 valence electrons. The van der Waals surface area contributed by atoms with Gasteiger partial charge in [0, 0.05) is 158 Å². The number of ether oxygens (including phenoxy) is 5. The van der Waals surface area contributed by atoms with Crippen molar-refractivity contribution in [3.8, 4) is 52.1 Å². The number of alkyl halides is 2. The molecule has 142 heavy (non-hydrogen) atoms. The van der Waals surface area contributed by atoms with Crippen molar-refractivity contribution in [1.82, 2.24) is 54.8 Å². The van der Waals surface area contributed by atoms with Gasteiger partial charge in [0.1, 0.15) is 51.4 Å². The van der Waals surface area contributed by atoms with Gasteiger partial charge in [0.2, 0.25) is 20.0 Å². The number of hydrogen-bond donors (Lipinski definition) is 3. The molecule has 0 aliphatic carbocycles. The zero-order chi connectivity index (χ0) is 101. The predicted octanol–water partition coefficient (Wildman–Crippen LogP) is 19.9. The lowest BCUT2D eigenvalue weighted by atomic mass is 9.74. The molecule has 0 radical (unpaired) electrons. The van der Waals surface area contributed by atoms with Gasteiger partial charge in [0.05, 0.1) is 83.0 Å². The van der Waals surface area contributed by atoms with Crippen LogP contribution < -0.4 is 48.2 Å². The second-order valence-electron chi connectivity index (χ2n) is 35.4. The van der Waals surface area contributed by atoms with E-state index in [2.05, 4.69) is 132 Å². The minimum Gasteiger partial charge on any atom is -0.497 e. The third-order valence-electron chi connectivity index (χ3n) is 26.4. The van der Waals surface area contributed by atoms with Crippen molar-refractivity contribution < 1.29 is 45.3 Å². The molecule has 7 aliphatic heterocycles. The van der Waals surface area contributed by atoms with Gasteiger partial charge in [0.15, 0.2) is 5.82 Å². The van der Waals surface area contributed by atoms with Gasteiger partial charge in [-0.3, -0.25) is 38.5 Å². The number of fused-ring (bicyclic) bond motifs is 6. The van der Waals surface area contributed by atoms with Crippen molar-refractivity contribution in [1.29, 1.82) is 10.5 Å². The van der Waals surface area contributed by atoms with Gasteiger partial charge in [-0.2, -0.15) is 10.5 Å². The molecule has 4 fully saturated rings. The Bertz CT molecular complexity index is 6270. The Kier molecular flexibility index (Phi) is 40.8. The number of methoxy groups -OCH3 is 4. The number of nitriles is 2. The molecule has 3 N–H and O–H groups in total. The molecule has 19 rings (SSSR count). The average Bonchev–Trinajstić information content (AvgIpc) is 1.59. The Labute approximate surface area is 857 Å². The lowest BCUT2D eigenvalue weighted by molar-refractivity contribution is 0.161. The van der Waals surface area contributed by atoms with E-state index in [1.165, 1.54) is 68.0 Å². The highest BCUT2D eigenvalue weighted by molar-refractivity contribution is 7.92. The molecule has 1 amide bonds. The van der Waals surface area contributed by atoms with Crippen LogP contribution >= 0.6 is 46.4 Å². The number of sulfonamides is 2. The van der Waals surface area contributed by atoms with E-state index in [9.17, 15) is 26.9 Å². The van der Waals surface area contributed by atoms with Gasteiger partial charge < -0.3 is 34.3 Å². The lowest BCUT2D eigenvalue weighted by Crippen LogP contribution is -2.45. The number of halogens is 4. The van der Waals surface area contributed by atoms with Crippen molar-refractivity contribution in [3.05, 3.63) is 328 Å². The number of rotatable bonds is 23. The fraction of sp³-hybridized carbons (Fsp3) is 0.367. The molecule has 7 aromatic carbocycles. The number of benzene rings is 7. The van der Waals surface area contributed by atoms with E-state index in [4.69, 9.17) is 75.3 Å². The Morgan fingerprint density at radius 1 is 0.465 bits per heavy atom. The highest BCUT2D eigenvalue weighted by atomic mass is 35.5. The van der Waals surface area contributed by atoms with Crippen LogP contribution in [0.3, 0.4) is 0 Å². The van der Waals surface area contributed by atoms with Gasteiger partial charge in [-0.05, 0) is 209 Å². The van der Waals surface area contributed by atoms with Crippen molar-refractivity contribution in [2.24, 2.45) is 0 Å². The van der Waals surface area contributed by atoms with Crippen LogP contribution in [0.1, 0.15) is 115 Å². The van der Waals surface area contributed by atoms with Crippen molar-refractivity contribution >= 4 is 95.8 Å². The first-order valence-electron chi connectivity index (χ1n) is 47.7. The maximum absolute atomic E-state index is 12.2. The van der Waals surface area contributed by atoms with Crippen LogP contribution in [-0.4, -0.2) is 210 Å². The third kappa shape index (κ3) is 29.8. The summed E-state index contributed by atoms with van der Waals surface area (Å²) in [4.78, 5) is 47.1. The summed E-state index contributed by atoms with van der Waals surface area (Å²) in [5, 5.41) is 28.6. The number of aromatic nitrogens is 6. The van der Waals surface area contributed by atoms with E-state index in [1.54, 1.807) is 83.6 Å². The Balaban J connectivity index is 0.000000150. The number of likely N-dealkylation sites (tertiary alicyclic amines) is 3. The summed E-state index contributed by atoms with van der Waals surface area (Å²) >= 11 is 23.5. The monoisotopic (exact) mass is 2040 g/mol. The van der Waals surface area contributed by atoms with E-state index >= 15 is 0 Å². The highest BCUT2D eigenvalue weighted by Crippen LogP contribution is 2.49. The second-order valence-corrected chi connectivity index (χ2v) is 40.8. The zero-order valence-corrected chi connectivity index (χ0v) is 86.5. The standard InChI is InChI=1S/C20H25N3O3S.C19H20ClN3O.C19H23N3O.C17H13N3O2.C12H17Cl2NO.C12H17N3O2S.C8H6ClN.C2H6/c1-26-17-7-5-16(6-8-17)14-22-12-9-20(10-13-22)15-23(27(2,24)25)19-18(20)4-3-11-21-19;1-24-16-6-4-15(5-7-16)13-23-11-8-19(14-21,9-12-23)17-3-2-10-22-18(17)20;1-23-16-6-4-15(5-7-16)13-22-11-8-19(9-12-22)14-21-18-17(19)3-2-10-20-18;21-17(22-14-9-5-2-6-10-14)20-16-12-18-15(11-19-16)13-7-3-1-4-8-13;1-16-12-4-2-11(3-5-12)10-15(8-6-13)9-7-14;1-18(16,17)15-9-12(4-7-13-8-5-12)10-3-2-6-14-11(10)15;9-8-4-2-1-3-7(8)5-6-10;1-2/h3-8,11H,9-10,12-15H2,1-2H3;2-7,10H,8-9,11-13H2,1H3;2-7,10H,8-9,11-14H2,1H3,(H,20,21);1-12H,(H,19,20,21);2-5H,6-10H2,1H3;2-3,6,13H,4-5,7-9H2,1H3;1-4H,5H2;1-2H3. The maximum Gasteiger partial charge on any atom is 0.418 e. The number of nitrogens with one attached hydrogen (secondary N) is 3. The largest absolute Gasteiger partial charge is 0.497 e. The van der Waals surface area contributed by atoms with E-state index in [-0.39, 0.29) is 10.8 Å². The van der Waals surface area contributed by atoms with E-state index in [1.807, 2.05) is 166 Å². The second kappa shape index (κ2) is 53.3. The number of amides is 1. The Morgan fingerprint density at radius 3 is 1.32 bits per heavy atom. The molecule has 0 atom stereocenters. The molecule has 0 saturated carbocycles. The molecule has 0 bridgehead atoms. The summed E-state index contributed by atoms with van der Waals surface area (Å²) in [5.74, 6) is 7.94. The van der Waals surface area contributed by atoms with Gasteiger partial charge in [0.25, 0.3) is 0 Å². The topological polar surface area (TPSA) is 312 Å². The van der Waals surface area contributed by atoms with Gasteiger partial charge in [-0.25, -0.2) is 46.6 Å². The van der Waals surface area contributed by atoms with Crippen LogP contribution in [0.25, 0.3) is 11.3 Å². The number of carbonyl (C=O) groups excluding carboxylic acids is 1. The summed E-state index contributed by atoms with van der Waals surface area (Å²) in [5.41, 5.74) is 11.8. The first-order chi connectivity index (χ1) is 68.8. The minimum atomic E-state index is -3.31. The highest BCUT2D eigenvalue weighted by Gasteiger charge is 2.50. The molecule has 12 aromatic rings. The van der Waals surface area contributed by atoms with Crippen LogP contribution in [0.15, 0.2) is 268 Å². The van der Waals surface area contributed by atoms with Gasteiger partial charge in [-0.15, -0.1) is 23.2 Å². The van der Waals surface area contributed by atoms with Crippen LogP contribution in [0.5, 0.6) is 28.7 Å². The van der Waals surface area contributed by atoms with Gasteiger partial charge in [-0.1, -0.05) is 177 Å². The summed E-state index contributed by atoms with van der Waals surface area (Å²) in [6.45, 7) is 19.3. The molecule has 33 heteroatoms. The fourth-order valence-corrected chi connectivity index (χ4v) is 21.5. The predicted molar refractivity (Wildman–Crippen MR) is 567 cm³/mol. The number of pyridine rings is 4. The summed E-state index contributed by atoms with van der Waals surface area (Å²) < 4.78 is 77.1. The third-order valence-corrected chi connectivity index (χ3v) is 29.6. The van der Waals surface area contributed by atoms with E-state index in [0.717, 1.165) is 199 Å². The van der Waals surface area contributed by atoms with Crippen molar-refractivity contribution in [3.63, 3.8) is 0 Å². The number of piperidine rings is 4. The Morgan fingerprint density at radius 2 is 0.887 bits per heavy atom. The SMILES string of the molecule is CC.COc1ccc(CN(CCCl)CCCl)cc1.COc1ccc(CN2CCC(C#N)(c3cccnc3Cl)CC2)cc1.COc1ccc(CN2CCC3(CC2)CN(S(C)(=O)=O)c2ncccc23)cc1.COc1ccc(CN2CCC3(CC2)CNc2ncccc23)cc1.CS(=O)(=O)N1CC2(CCNCC2)c2cccnc21.N#CCc1ccccc1Cl.O=C(Nc1cnc(-c2ccccc2)cn1)Oc1ccccc1. The van der Waals surface area contributed by atoms with Crippen molar-refractivity contribution in [2.45, 2.75) is 119 Å². The van der Waals surface area contributed by atoms with E-state index < -0.39 is 31.6 Å². The normalized spacial score (nSPS) is 15.9. The summed E-state index contributed by atoms with van der Waals surface area (Å²) in [6.07, 6.45) is 20.0.